The summed E-state index contributed by atoms with van der Waals surface area (Å²) in [5, 5.41) is 5.24. The van der Waals surface area contributed by atoms with Gasteiger partial charge in [-0.3, -0.25) is 19.2 Å². The highest BCUT2D eigenvalue weighted by atomic mass is 16.5. The van der Waals surface area contributed by atoms with Crippen molar-refractivity contribution in [2.24, 2.45) is 5.92 Å². The smallest absolute Gasteiger partial charge is 0.311 e. The Morgan fingerprint density at radius 3 is 2.42 bits per heavy atom. The van der Waals surface area contributed by atoms with Crippen molar-refractivity contribution in [3.63, 3.8) is 0 Å². The lowest BCUT2D eigenvalue weighted by Crippen LogP contribution is -2.30. The second-order valence-electron chi connectivity index (χ2n) is 7.45. The standard InChI is InChI=1S/C23H25N3O5/c1-15(17-7-4-3-5-8-17)26-13-18(11-22(26)29)23(30)31-14-21(28)25-20-10-6-9-19(12-20)24-16(2)27/h3-10,12,15,18H,11,13-14H2,1-2H3,(H,24,27)(H,25,28)/t15-,18-/m1/s1. The second-order valence-corrected chi connectivity index (χ2v) is 7.45. The van der Waals surface area contributed by atoms with Gasteiger partial charge in [0, 0.05) is 31.3 Å². The van der Waals surface area contributed by atoms with Gasteiger partial charge in [-0.05, 0) is 30.7 Å². The topological polar surface area (TPSA) is 105 Å². The summed E-state index contributed by atoms with van der Waals surface area (Å²) in [6, 6.07) is 16.1. The molecule has 0 spiro atoms. The van der Waals surface area contributed by atoms with Crippen LogP contribution < -0.4 is 10.6 Å². The summed E-state index contributed by atoms with van der Waals surface area (Å²) >= 11 is 0. The molecule has 0 aliphatic carbocycles. The first-order valence-corrected chi connectivity index (χ1v) is 10.0. The number of esters is 1. The number of hydrogen-bond donors (Lipinski definition) is 2. The minimum Gasteiger partial charge on any atom is -0.455 e. The number of amides is 3. The minimum atomic E-state index is -0.602. The maximum Gasteiger partial charge on any atom is 0.311 e. The zero-order chi connectivity index (χ0) is 22.4. The Bertz CT molecular complexity index is 976. The van der Waals surface area contributed by atoms with Crippen LogP contribution in [0.5, 0.6) is 0 Å². The van der Waals surface area contributed by atoms with E-state index in [1.54, 1.807) is 29.2 Å². The first kappa shape index (κ1) is 22.0. The van der Waals surface area contributed by atoms with Crippen LogP contribution in [0.15, 0.2) is 54.6 Å². The van der Waals surface area contributed by atoms with Crippen LogP contribution in [-0.4, -0.2) is 41.7 Å². The Morgan fingerprint density at radius 1 is 1.06 bits per heavy atom. The van der Waals surface area contributed by atoms with Gasteiger partial charge in [0.25, 0.3) is 5.91 Å². The molecule has 2 aromatic rings. The number of hydrogen-bond acceptors (Lipinski definition) is 5. The van der Waals surface area contributed by atoms with Crippen LogP contribution in [0.4, 0.5) is 11.4 Å². The SMILES string of the molecule is CC(=O)Nc1cccc(NC(=O)COC(=O)[C@@H]2CC(=O)N([C@H](C)c3ccccc3)C2)c1. The van der Waals surface area contributed by atoms with Gasteiger partial charge in [-0.1, -0.05) is 36.4 Å². The molecule has 1 saturated heterocycles. The largest absolute Gasteiger partial charge is 0.455 e. The van der Waals surface area contributed by atoms with Gasteiger partial charge in [-0.25, -0.2) is 0 Å². The molecule has 0 unspecified atom stereocenters. The number of ether oxygens (including phenoxy) is 1. The van der Waals surface area contributed by atoms with Gasteiger partial charge < -0.3 is 20.3 Å². The lowest BCUT2D eigenvalue weighted by Gasteiger charge is -2.25. The molecule has 3 rings (SSSR count). The zero-order valence-corrected chi connectivity index (χ0v) is 17.5. The van der Waals surface area contributed by atoms with E-state index in [1.807, 2.05) is 37.3 Å². The number of benzene rings is 2. The zero-order valence-electron chi connectivity index (χ0n) is 17.5. The number of anilines is 2. The highest BCUT2D eigenvalue weighted by molar-refractivity contribution is 5.95. The molecule has 8 heteroatoms. The highest BCUT2D eigenvalue weighted by Gasteiger charge is 2.38. The van der Waals surface area contributed by atoms with Gasteiger partial charge in [0.2, 0.25) is 11.8 Å². The molecule has 8 nitrogen and oxygen atoms in total. The lowest BCUT2D eigenvalue weighted by atomic mass is 10.1. The van der Waals surface area contributed by atoms with Crippen molar-refractivity contribution in [1.82, 2.24) is 4.90 Å². The maximum atomic E-state index is 12.4. The molecule has 31 heavy (non-hydrogen) atoms. The fourth-order valence-corrected chi connectivity index (χ4v) is 3.50. The van der Waals surface area contributed by atoms with Gasteiger partial charge in [-0.2, -0.15) is 0 Å². The summed E-state index contributed by atoms with van der Waals surface area (Å²) in [4.78, 5) is 49.7. The average molecular weight is 423 g/mol. The van der Waals surface area contributed by atoms with Gasteiger partial charge in [-0.15, -0.1) is 0 Å². The number of nitrogens with zero attached hydrogens (tertiary/aromatic N) is 1. The van der Waals surface area contributed by atoms with Crippen molar-refractivity contribution >= 4 is 35.1 Å². The second kappa shape index (κ2) is 9.88. The van der Waals surface area contributed by atoms with Crippen LogP contribution in [-0.2, 0) is 23.9 Å². The molecular formula is C23H25N3O5. The molecule has 1 aliphatic heterocycles. The minimum absolute atomic E-state index is 0.0659. The van der Waals surface area contributed by atoms with E-state index in [9.17, 15) is 19.2 Å². The van der Waals surface area contributed by atoms with Crippen molar-refractivity contribution in [1.29, 1.82) is 0 Å². The van der Waals surface area contributed by atoms with E-state index in [4.69, 9.17) is 4.74 Å². The fraction of sp³-hybridized carbons (Fsp3) is 0.304. The number of rotatable bonds is 7. The highest BCUT2D eigenvalue weighted by Crippen LogP contribution is 2.29. The van der Waals surface area contributed by atoms with Crippen molar-refractivity contribution < 1.29 is 23.9 Å². The summed E-state index contributed by atoms with van der Waals surface area (Å²) in [6.07, 6.45) is 0.0659. The monoisotopic (exact) mass is 423 g/mol. The number of carbonyl (C=O) groups excluding carboxylic acids is 4. The number of nitrogens with one attached hydrogen (secondary N) is 2. The van der Waals surface area contributed by atoms with E-state index >= 15 is 0 Å². The van der Waals surface area contributed by atoms with Crippen molar-refractivity contribution in [3.05, 3.63) is 60.2 Å². The van der Waals surface area contributed by atoms with Crippen LogP contribution in [0, 0.1) is 5.92 Å². The van der Waals surface area contributed by atoms with Gasteiger partial charge in [0.1, 0.15) is 0 Å². The predicted octanol–water partition coefficient (Wildman–Crippen LogP) is 2.74. The van der Waals surface area contributed by atoms with Gasteiger partial charge in [0.15, 0.2) is 6.61 Å². The summed E-state index contributed by atoms with van der Waals surface area (Å²) in [6.45, 7) is 3.11. The maximum absolute atomic E-state index is 12.4. The first-order chi connectivity index (χ1) is 14.8. The molecule has 0 radical (unpaired) electrons. The van der Waals surface area contributed by atoms with Crippen LogP contribution in [0.2, 0.25) is 0 Å². The van der Waals surface area contributed by atoms with Crippen LogP contribution in [0.25, 0.3) is 0 Å². The average Bonchev–Trinajstić information content (AvgIpc) is 3.13. The van der Waals surface area contributed by atoms with Gasteiger partial charge in [0.05, 0.1) is 12.0 Å². The van der Waals surface area contributed by atoms with E-state index in [1.165, 1.54) is 6.92 Å². The molecule has 162 valence electrons. The predicted molar refractivity (Wildman–Crippen MR) is 115 cm³/mol. The van der Waals surface area contributed by atoms with E-state index < -0.39 is 24.4 Å². The summed E-state index contributed by atoms with van der Waals surface area (Å²) in [7, 11) is 0. The summed E-state index contributed by atoms with van der Waals surface area (Å²) < 4.78 is 5.14. The fourth-order valence-electron chi connectivity index (χ4n) is 3.50. The third kappa shape index (κ3) is 5.91. The Morgan fingerprint density at radius 2 is 1.74 bits per heavy atom. The molecule has 2 atom stereocenters. The number of carbonyl (C=O) groups is 4. The van der Waals surface area contributed by atoms with Crippen LogP contribution >= 0.6 is 0 Å². The Kier molecular flexibility index (Phi) is 7.02. The molecule has 1 heterocycles. The van der Waals surface area contributed by atoms with Crippen LogP contribution in [0.3, 0.4) is 0 Å². The summed E-state index contributed by atoms with van der Waals surface area (Å²) in [5.74, 6) is -2.02. The Labute approximate surface area is 180 Å². The van der Waals surface area contributed by atoms with Gasteiger partial charge >= 0.3 is 5.97 Å². The summed E-state index contributed by atoms with van der Waals surface area (Å²) in [5.41, 5.74) is 2.00. The molecule has 3 amide bonds. The van der Waals surface area contributed by atoms with Crippen molar-refractivity contribution in [2.45, 2.75) is 26.3 Å². The number of likely N-dealkylation sites (tertiary alicyclic amines) is 1. The van der Waals surface area contributed by atoms with Crippen LogP contribution in [0.1, 0.15) is 31.9 Å². The molecule has 0 aromatic heterocycles. The third-order valence-electron chi connectivity index (χ3n) is 5.05. The quantitative estimate of drug-likeness (QED) is 0.667. The Balaban J connectivity index is 1.50. The van der Waals surface area contributed by atoms with E-state index in [0.717, 1.165) is 5.56 Å². The molecular weight excluding hydrogens is 398 g/mol. The molecule has 0 bridgehead atoms. The molecule has 2 N–H and O–H groups in total. The van der Waals surface area contributed by atoms with Crippen molar-refractivity contribution in [2.75, 3.05) is 23.8 Å². The van der Waals surface area contributed by atoms with E-state index in [0.29, 0.717) is 11.4 Å². The van der Waals surface area contributed by atoms with E-state index in [2.05, 4.69) is 10.6 Å². The van der Waals surface area contributed by atoms with Crippen molar-refractivity contribution in [3.8, 4) is 0 Å². The lowest BCUT2D eigenvalue weighted by molar-refractivity contribution is -0.151. The molecule has 1 aliphatic rings. The molecule has 1 fully saturated rings. The molecule has 0 saturated carbocycles. The Hall–Kier alpha value is -3.68. The first-order valence-electron chi connectivity index (χ1n) is 10.0. The van der Waals surface area contributed by atoms with E-state index in [-0.39, 0.29) is 30.8 Å². The normalized spacial score (nSPS) is 16.5. The third-order valence-corrected chi connectivity index (χ3v) is 5.05. The molecule has 2 aromatic carbocycles.